The summed E-state index contributed by atoms with van der Waals surface area (Å²) in [6.07, 6.45) is 1.80. The highest BCUT2D eigenvalue weighted by atomic mass is 16.5. The molecular weight excluding hydrogens is 244 g/mol. The number of carbonyl (C=O) groups excluding carboxylic acids is 1. The molecule has 6 nitrogen and oxygen atoms in total. The molecule has 0 aliphatic carbocycles. The molecule has 1 aromatic heterocycles. The lowest BCUT2D eigenvalue weighted by atomic mass is 10.1. The standard InChI is InChI=1S/C13H14N4O2/c1-17-10(8-15-16-17)7-14-13(18)12-6-9-4-2-3-5-11(9)19-12/h2-5,8,12H,6-7H2,1H3,(H,14,18). The lowest BCUT2D eigenvalue weighted by molar-refractivity contribution is -0.127. The summed E-state index contributed by atoms with van der Waals surface area (Å²) in [5.41, 5.74) is 1.92. The number of nitrogens with one attached hydrogen (secondary N) is 1. The minimum absolute atomic E-state index is 0.114. The van der Waals surface area contributed by atoms with Gasteiger partial charge in [0.15, 0.2) is 6.10 Å². The predicted octanol–water partition coefficient (Wildman–Crippen LogP) is 0.435. The van der Waals surface area contributed by atoms with Crippen LogP contribution in [-0.4, -0.2) is 27.0 Å². The van der Waals surface area contributed by atoms with Crippen molar-refractivity contribution in [2.45, 2.75) is 19.1 Å². The highest BCUT2D eigenvalue weighted by Crippen LogP contribution is 2.28. The van der Waals surface area contributed by atoms with Crippen LogP contribution in [0.2, 0.25) is 0 Å². The molecule has 1 atom stereocenters. The molecule has 2 heterocycles. The molecule has 0 saturated heterocycles. The van der Waals surface area contributed by atoms with Crippen LogP contribution in [0.5, 0.6) is 5.75 Å². The number of fused-ring (bicyclic) bond motifs is 1. The van der Waals surface area contributed by atoms with Gasteiger partial charge in [-0.05, 0) is 11.6 Å². The maximum absolute atomic E-state index is 12.0. The van der Waals surface area contributed by atoms with Crippen LogP contribution in [0.3, 0.4) is 0 Å². The summed E-state index contributed by atoms with van der Waals surface area (Å²) in [6, 6.07) is 7.71. The third kappa shape index (κ3) is 2.29. The van der Waals surface area contributed by atoms with Gasteiger partial charge >= 0.3 is 0 Å². The van der Waals surface area contributed by atoms with E-state index < -0.39 is 6.10 Å². The van der Waals surface area contributed by atoms with Crippen molar-refractivity contribution in [1.29, 1.82) is 0 Å². The number of aryl methyl sites for hydroxylation is 1. The predicted molar refractivity (Wildman–Crippen MR) is 67.4 cm³/mol. The summed E-state index contributed by atoms with van der Waals surface area (Å²) in [6.45, 7) is 0.401. The first-order chi connectivity index (χ1) is 9.24. The van der Waals surface area contributed by atoms with Gasteiger partial charge in [-0.1, -0.05) is 23.4 Å². The Morgan fingerprint density at radius 3 is 3.11 bits per heavy atom. The third-order valence-corrected chi connectivity index (χ3v) is 3.19. The van der Waals surface area contributed by atoms with Gasteiger partial charge in [-0.3, -0.25) is 9.48 Å². The molecule has 0 spiro atoms. The van der Waals surface area contributed by atoms with Crippen LogP contribution in [0, 0.1) is 0 Å². The number of benzene rings is 1. The zero-order valence-corrected chi connectivity index (χ0v) is 10.5. The summed E-state index contributed by atoms with van der Waals surface area (Å²) < 4.78 is 7.25. The van der Waals surface area contributed by atoms with E-state index >= 15 is 0 Å². The molecular formula is C13H14N4O2. The second-order valence-corrected chi connectivity index (χ2v) is 4.49. The van der Waals surface area contributed by atoms with Crippen LogP contribution in [0.4, 0.5) is 0 Å². The van der Waals surface area contributed by atoms with E-state index in [2.05, 4.69) is 15.6 Å². The summed E-state index contributed by atoms with van der Waals surface area (Å²) in [5, 5.41) is 10.4. The largest absolute Gasteiger partial charge is 0.480 e. The van der Waals surface area contributed by atoms with Gasteiger partial charge in [0.2, 0.25) is 0 Å². The topological polar surface area (TPSA) is 69.0 Å². The molecule has 1 N–H and O–H groups in total. The molecule has 3 rings (SSSR count). The number of hydrogen-bond acceptors (Lipinski definition) is 4. The van der Waals surface area contributed by atoms with Gasteiger partial charge in [-0.2, -0.15) is 0 Å². The molecule has 19 heavy (non-hydrogen) atoms. The van der Waals surface area contributed by atoms with Crippen LogP contribution in [0.1, 0.15) is 11.3 Å². The van der Waals surface area contributed by atoms with Crippen molar-refractivity contribution in [2.75, 3.05) is 0 Å². The number of rotatable bonds is 3. The monoisotopic (exact) mass is 258 g/mol. The molecule has 2 aromatic rings. The van der Waals surface area contributed by atoms with Crippen molar-refractivity contribution in [2.24, 2.45) is 7.05 Å². The van der Waals surface area contributed by atoms with Crippen molar-refractivity contribution in [1.82, 2.24) is 20.3 Å². The Balaban J connectivity index is 1.60. The lowest BCUT2D eigenvalue weighted by Crippen LogP contribution is -2.37. The Bertz CT molecular complexity index is 583. The number of para-hydroxylation sites is 1. The van der Waals surface area contributed by atoms with Crippen LogP contribution in [0.15, 0.2) is 30.5 Å². The molecule has 1 unspecified atom stereocenters. The number of nitrogens with zero attached hydrogens (tertiary/aromatic N) is 3. The third-order valence-electron chi connectivity index (χ3n) is 3.19. The molecule has 0 saturated carbocycles. The van der Waals surface area contributed by atoms with Gasteiger partial charge in [0.1, 0.15) is 5.75 Å². The van der Waals surface area contributed by atoms with Crippen molar-refractivity contribution in [3.05, 3.63) is 41.7 Å². The van der Waals surface area contributed by atoms with Crippen molar-refractivity contribution < 1.29 is 9.53 Å². The molecule has 1 amide bonds. The van der Waals surface area contributed by atoms with E-state index in [1.807, 2.05) is 24.3 Å². The Morgan fingerprint density at radius 2 is 2.37 bits per heavy atom. The number of aromatic nitrogens is 3. The zero-order valence-electron chi connectivity index (χ0n) is 10.5. The van der Waals surface area contributed by atoms with Gasteiger partial charge in [0.05, 0.1) is 18.4 Å². The number of amides is 1. The van der Waals surface area contributed by atoms with Gasteiger partial charge in [0, 0.05) is 13.5 Å². The van der Waals surface area contributed by atoms with E-state index in [0.717, 1.165) is 17.0 Å². The molecule has 98 valence electrons. The molecule has 0 bridgehead atoms. The maximum atomic E-state index is 12.0. The summed E-state index contributed by atoms with van der Waals surface area (Å²) >= 11 is 0. The van der Waals surface area contributed by atoms with E-state index in [-0.39, 0.29) is 5.91 Å². The van der Waals surface area contributed by atoms with Crippen LogP contribution < -0.4 is 10.1 Å². The van der Waals surface area contributed by atoms with Crippen molar-refractivity contribution >= 4 is 5.91 Å². The van der Waals surface area contributed by atoms with Crippen LogP contribution in [-0.2, 0) is 24.8 Å². The summed E-state index contributed by atoms with van der Waals surface area (Å²) in [4.78, 5) is 12.0. The first-order valence-electron chi connectivity index (χ1n) is 6.10. The van der Waals surface area contributed by atoms with Crippen molar-refractivity contribution in [3.8, 4) is 5.75 Å². The molecule has 1 aromatic carbocycles. The van der Waals surface area contributed by atoms with Gasteiger partial charge < -0.3 is 10.1 Å². The molecule has 1 aliphatic heterocycles. The highest BCUT2D eigenvalue weighted by Gasteiger charge is 2.28. The molecule has 1 aliphatic rings. The zero-order chi connectivity index (χ0) is 13.2. The summed E-state index contributed by atoms with van der Waals surface area (Å²) in [5.74, 6) is 0.683. The summed E-state index contributed by atoms with van der Waals surface area (Å²) in [7, 11) is 1.79. The Kier molecular flexibility index (Phi) is 2.91. The highest BCUT2D eigenvalue weighted by molar-refractivity contribution is 5.82. The number of ether oxygens (including phenoxy) is 1. The second-order valence-electron chi connectivity index (χ2n) is 4.49. The fourth-order valence-electron chi connectivity index (χ4n) is 2.09. The van der Waals surface area contributed by atoms with E-state index in [9.17, 15) is 4.79 Å². The average molecular weight is 258 g/mol. The lowest BCUT2D eigenvalue weighted by Gasteiger charge is -2.11. The van der Waals surface area contributed by atoms with E-state index in [1.165, 1.54) is 0 Å². The van der Waals surface area contributed by atoms with Crippen LogP contribution in [0.25, 0.3) is 0 Å². The second kappa shape index (κ2) is 4.72. The van der Waals surface area contributed by atoms with E-state index in [4.69, 9.17) is 4.74 Å². The Hall–Kier alpha value is -2.37. The number of carbonyl (C=O) groups is 1. The van der Waals surface area contributed by atoms with Gasteiger partial charge in [-0.15, -0.1) is 5.10 Å². The number of hydrogen-bond donors (Lipinski definition) is 1. The average Bonchev–Trinajstić information content (AvgIpc) is 3.01. The SMILES string of the molecule is Cn1nncc1CNC(=O)C1Cc2ccccc2O1. The maximum Gasteiger partial charge on any atom is 0.261 e. The normalized spacial score (nSPS) is 16.8. The fourth-order valence-corrected chi connectivity index (χ4v) is 2.09. The molecule has 6 heteroatoms. The minimum Gasteiger partial charge on any atom is -0.480 e. The molecule has 0 radical (unpaired) electrons. The quantitative estimate of drug-likeness (QED) is 0.867. The first-order valence-corrected chi connectivity index (χ1v) is 6.10. The first kappa shape index (κ1) is 11.7. The Morgan fingerprint density at radius 1 is 1.53 bits per heavy atom. The van der Waals surface area contributed by atoms with E-state index in [1.54, 1.807) is 17.9 Å². The Labute approximate surface area is 110 Å². The van der Waals surface area contributed by atoms with Gasteiger partial charge in [0.25, 0.3) is 5.91 Å². The smallest absolute Gasteiger partial charge is 0.261 e. The molecule has 0 fully saturated rings. The van der Waals surface area contributed by atoms with Crippen molar-refractivity contribution in [3.63, 3.8) is 0 Å². The fraction of sp³-hybridized carbons (Fsp3) is 0.308. The van der Waals surface area contributed by atoms with Crippen LogP contribution >= 0.6 is 0 Å². The van der Waals surface area contributed by atoms with Gasteiger partial charge in [-0.25, -0.2) is 0 Å². The van der Waals surface area contributed by atoms with E-state index in [0.29, 0.717) is 13.0 Å². The minimum atomic E-state index is -0.446.